The highest BCUT2D eigenvalue weighted by Crippen LogP contribution is 2.35. The van der Waals surface area contributed by atoms with Gasteiger partial charge in [-0.15, -0.1) is 0 Å². The van der Waals surface area contributed by atoms with E-state index >= 15 is 0 Å². The lowest BCUT2D eigenvalue weighted by Gasteiger charge is -2.37. The number of pyridine rings is 1. The monoisotopic (exact) mass is 490 g/mol. The van der Waals surface area contributed by atoms with E-state index in [-0.39, 0.29) is 11.7 Å². The Balaban J connectivity index is 1.48. The van der Waals surface area contributed by atoms with E-state index in [1.165, 1.54) is 37.8 Å². The van der Waals surface area contributed by atoms with Gasteiger partial charge in [-0.1, -0.05) is 20.8 Å². The highest BCUT2D eigenvalue weighted by molar-refractivity contribution is 5.85. The average molecular weight is 491 g/mol. The molecule has 0 atom stereocenters. The summed E-state index contributed by atoms with van der Waals surface area (Å²) in [5.74, 6) is 0.676. The van der Waals surface area contributed by atoms with Gasteiger partial charge < -0.3 is 14.6 Å². The van der Waals surface area contributed by atoms with Gasteiger partial charge in [0.25, 0.3) is 0 Å². The summed E-state index contributed by atoms with van der Waals surface area (Å²) in [7, 11) is 1.65. The van der Waals surface area contributed by atoms with Gasteiger partial charge in [0.05, 0.1) is 18.1 Å². The highest BCUT2D eigenvalue weighted by atomic mass is 16.5. The van der Waals surface area contributed by atoms with E-state index in [2.05, 4.69) is 52.9 Å². The molecule has 1 saturated carbocycles. The van der Waals surface area contributed by atoms with Gasteiger partial charge in [-0.2, -0.15) is 5.10 Å². The van der Waals surface area contributed by atoms with Gasteiger partial charge in [-0.3, -0.25) is 4.57 Å². The number of ether oxygens (including phenoxy) is 1. The fourth-order valence-electron chi connectivity index (χ4n) is 6.07. The number of aromatic amines is 1. The molecule has 0 aliphatic heterocycles. The third-order valence-electron chi connectivity index (χ3n) is 7.76. The van der Waals surface area contributed by atoms with Crippen molar-refractivity contribution in [3.05, 3.63) is 46.8 Å². The van der Waals surface area contributed by atoms with E-state index in [0.29, 0.717) is 17.4 Å². The molecule has 36 heavy (non-hydrogen) atoms. The third-order valence-corrected chi connectivity index (χ3v) is 7.76. The molecule has 0 unspecified atom stereocenters. The van der Waals surface area contributed by atoms with Crippen molar-refractivity contribution < 1.29 is 4.74 Å². The molecule has 4 aromatic rings. The van der Waals surface area contributed by atoms with Crippen LogP contribution in [0.25, 0.3) is 27.8 Å². The maximum atomic E-state index is 13.2. The van der Waals surface area contributed by atoms with Gasteiger partial charge in [0.2, 0.25) is 0 Å². The molecule has 0 bridgehead atoms. The summed E-state index contributed by atoms with van der Waals surface area (Å²) < 4.78 is 9.35. The van der Waals surface area contributed by atoms with Crippen molar-refractivity contribution in [1.29, 1.82) is 0 Å². The number of nitrogens with one attached hydrogen (secondary N) is 1. The Morgan fingerprint density at radius 2 is 1.83 bits per heavy atom. The predicted molar refractivity (Wildman–Crippen MR) is 144 cm³/mol. The first-order chi connectivity index (χ1) is 17.6. The number of fused-ring (bicyclic) bond motifs is 2. The van der Waals surface area contributed by atoms with Crippen molar-refractivity contribution in [3.63, 3.8) is 0 Å². The van der Waals surface area contributed by atoms with Crippen molar-refractivity contribution in [2.24, 2.45) is 0 Å². The number of hydrogen-bond donors (Lipinski definition) is 1. The number of rotatable bonds is 9. The molecule has 8 heteroatoms. The third kappa shape index (κ3) is 4.43. The first-order valence-corrected chi connectivity index (χ1v) is 13.5. The van der Waals surface area contributed by atoms with Gasteiger partial charge in [0.15, 0.2) is 11.4 Å². The number of aryl methyl sites for hydroxylation is 1. The van der Waals surface area contributed by atoms with Gasteiger partial charge in [-0.05, 0) is 87.4 Å². The van der Waals surface area contributed by atoms with Crippen LogP contribution in [0.3, 0.4) is 0 Å². The van der Waals surface area contributed by atoms with Gasteiger partial charge in [-0.25, -0.2) is 14.3 Å². The van der Waals surface area contributed by atoms with Crippen molar-refractivity contribution in [2.75, 3.05) is 20.2 Å². The SMILES string of the molecule is CCCN(CCC)[C@H]1CC[C@@H](n2c(=O)[nH]c3cc(-c4cc(OC)c5ncnn5c4)c(CC)cc32)CC1. The van der Waals surface area contributed by atoms with Crippen molar-refractivity contribution in [3.8, 4) is 16.9 Å². The van der Waals surface area contributed by atoms with E-state index in [9.17, 15) is 4.79 Å². The Kier molecular flexibility index (Phi) is 7.14. The smallest absolute Gasteiger partial charge is 0.326 e. The second kappa shape index (κ2) is 10.5. The van der Waals surface area contributed by atoms with Crippen LogP contribution in [0, 0.1) is 0 Å². The van der Waals surface area contributed by atoms with Gasteiger partial charge >= 0.3 is 5.69 Å². The summed E-state index contributed by atoms with van der Waals surface area (Å²) in [5.41, 5.74) is 5.84. The lowest BCUT2D eigenvalue weighted by atomic mass is 9.89. The van der Waals surface area contributed by atoms with Crippen LogP contribution in [0.15, 0.2) is 35.5 Å². The molecule has 0 saturated heterocycles. The highest BCUT2D eigenvalue weighted by Gasteiger charge is 2.28. The van der Waals surface area contributed by atoms with Gasteiger partial charge in [0.1, 0.15) is 6.33 Å². The van der Waals surface area contributed by atoms with Crippen molar-refractivity contribution in [1.82, 2.24) is 29.0 Å². The Morgan fingerprint density at radius 1 is 1.08 bits per heavy atom. The van der Waals surface area contributed by atoms with Crippen LogP contribution in [0.1, 0.15) is 70.9 Å². The molecule has 192 valence electrons. The molecule has 1 N–H and O–H groups in total. The molecule has 1 fully saturated rings. The molecule has 3 heterocycles. The standard InChI is InChI=1S/C28H38N6O2/c1-5-12-32(13-6-2)21-8-10-22(11-9-21)34-25-14-19(7-3)23(16-24(25)31-28(34)35)20-15-26(36-4)27-29-18-30-33(27)17-20/h14-18,21-22H,5-13H2,1-4H3,(H,31,35)/t21-,22+. The number of methoxy groups -OCH3 is 1. The largest absolute Gasteiger partial charge is 0.493 e. The van der Waals surface area contributed by atoms with Crippen LogP contribution in [0.4, 0.5) is 0 Å². The normalized spacial score (nSPS) is 18.5. The zero-order valence-corrected chi connectivity index (χ0v) is 22.0. The molecule has 0 amide bonds. The zero-order valence-electron chi connectivity index (χ0n) is 22.0. The summed E-state index contributed by atoms with van der Waals surface area (Å²) >= 11 is 0. The number of nitrogens with zero attached hydrogens (tertiary/aromatic N) is 5. The predicted octanol–water partition coefficient (Wildman–Crippen LogP) is 5.22. The number of aromatic nitrogens is 5. The molecule has 8 nitrogen and oxygen atoms in total. The number of imidazole rings is 1. The van der Waals surface area contributed by atoms with Crippen LogP contribution in [0.2, 0.25) is 0 Å². The molecule has 3 aromatic heterocycles. The second-order valence-electron chi connectivity index (χ2n) is 10.0. The lowest BCUT2D eigenvalue weighted by molar-refractivity contribution is 0.138. The van der Waals surface area contributed by atoms with Gasteiger partial charge in [0, 0.05) is 23.8 Å². The molecule has 1 aliphatic carbocycles. The Bertz CT molecular complexity index is 1390. The summed E-state index contributed by atoms with van der Waals surface area (Å²) in [6, 6.07) is 7.20. The first kappa shape index (κ1) is 24.6. The minimum absolute atomic E-state index is 0.00376. The molecular formula is C28H38N6O2. The molecule has 1 aliphatic rings. The number of hydrogen-bond acceptors (Lipinski definition) is 5. The fourth-order valence-corrected chi connectivity index (χ4v) is 6.07. The maximum Gasteiger partial charge on any atom is 0.326 e. The number of H-pyrrole nitrogens is 1. The first-order valence-electron chi connectivity index (χ1n) is 13.5. The maximum absolute atomic E-state index is 13.2. The Morgan fingerprint density at radius 3 is 2.50 bits per heavy atom. The zero-order chi connectivity index (χ0) is 25.2. The molecule has 1 aromatic carbocycles. The van der Waals surface area contributed by atoms with E-state index in [1.807, 2.05) is 16.8 Å². The van der Waals surface area contributed by atoms with E-state index in [0.717, 1.165) is 54.3 Å². The fraction of sp³-hybridized carbons (Fsp3) is 0.536. The van der Waals surface area contributed by atoms with Crippen LogP contribution in [-0.2, 0) is 6.42 Å². The second-order valence-corrected chi connectivity index (χ2v) is 10.0. The Labute approximate surface area is 212 Å². The molecule has 0 spiro atoms. The quantitative estimate of drug-likeness (QED) is 0.348. The summed E-state index contributed by atoms with van der Waals surface area (Å²) in [6.07, 6.45) is 11.1. The topological polar surface area (TPSA) is 80.5 Å². The van der Waals surface area contributed by atoms with Crippen molar-refractivity contribution in [2.45, 2.75) is 77.8 Å². The molecular weight excluding hydrogens is 452 g/mol. The van der Waals surface area contributed by atoms with E-state index in [4.69, 9.17) is 4.74 Å². The summed E-state index contributed by atoms with van der Waals surface area (Å²) in [5, 5.41) is 4.31. The van der Waals surface area contributed by atoms with Crippen LogP contribution < -0.4 is 10.4 Å². The molecule has 0 radical (unpaired) electrons. The minimum Gasteiger partial charge on any atom is -0.493 e. The van der Waals surface area contributed by atoms with Crippen LogP contribution in [0.5, 0.6) is 5.75 Å². The minimum atomic E-state index is -0.00376. The Hall–Kier alpha value is -3.13. The molecule has 5 rings (SSSR count). The van der Waals surface area contributed by atoms with Crippen LogP contribution in [-0.4, -0.2) is 55.3 Å². The summed E-state index contributed by atoms with van der Waals surface area (Å²) in [4.78, 5) is 23.3. The van der Waals surface area contributed by atoms with E-state index in [1.54, 1.807) is 11.6 Å². The average Bonchev–Trinajstić information content (AvgIpc) is 3.50. The van der Waals surface area contributed by atoms with Crippen LogP contribution >= 0.6 is 0 Å². The summed E-state index contributed by atoms with van der Waals surface area (Å²) in [6.45, 7) is 9.03. The van der Waals surface area contributed by atoms with Crippen molar-refractivity contribution >= 4 is 16.7 Å². The van der Waals surface area contributed by atoms with E-state index < -0.39 is 0 Å². The number of benzene rings is 1. The lowest BCUT2D eigenvalue weighted by Crippen LogP contribution is -2.40.